The number of anilines is 2. The van der Waals surface area contributed by atoms with Gasteiger partial charge in [0.05, 0.1) is 33.7 Å². The van der Waals surface area contributed by atoms with Gasteiger partial charge in [0, 0.05) is 36.8 Å². The van der Waals surface area contributed by atoms with Gasteiger partial charge in [0.2, 0.25) is 5.95 Å². The largest absolute Gasteiger partial charge is 0.394 e. The minimum Gasteiger partial charge on any atom is -0.394 e. The van der Waals surface area contributed by atoms with E-state index in [4.69, 9.17) is 11.6 Å². The van der Waals surface area contributed by atoms with Gasteiger partial charge in [-0.3, -0.25) is 4.21 Å². The van der Waals surface area contributed by atoms with Crippen LogP contribution in [0.15, 0.2) is 17.3 Å². The number of hydrogen-bond acceptors (Lipinski definition) is 8. The van der Waals surface area contributed by atoms with Gasteiger partial charge in [-0.05, 0) is 44.9 Å². The van der Waals surface area contributed by atoms with E-state index in [-0.39, 0.29) is 28.7 Å². The van der Waals surface area contributed by atoms with Gasteiger partial charge in [-0.2, -0.15) is 13.8 Å². The minimum absolute atomic E-state index is 0.0165. The molecule has 2 N–H and O–H groups in total. The van der Waals surface area contributed by atoms with Crippen molar-refractivity contribution in [3.63, 3.8) is 0 Å². The van der Waals surface area contributed by atoms with Gasteiger partial charge in [0.25, 0.3) is 0 Å². The molecule has 188 valence electrons. The second kappa shape index (κ2) is 8.27. The highest BCUT2D eigenvalue weighted by Gasteiger charge is 2.51. The SMILES string of the molecule is O=S1CC(F)(F)c2nc(N3CC4(CCC(c5ncc(Cl)cn5)CC4)C3)nc(NC3(CO)CCC3)c21. The van der Waals surface area contributed by atoms with Crippen LogP contribution in [0.1, 0.15) is 62.4 Å². The number of hydrogen-bond donors (Lipinski definition) is 2. The van der Waals surface area contributed by atoms with Crippen LogP contribution in [-0.2, 0) is 16.7 Å². The molecule has 2 aliphatic heterocycles. The Morgan fingerprint density at radius 1 is 1.14 bits per heavy atom. The van der Waals surface area contributed by atoms with E-state index in [9.17, 15) is 18.1 Å². The first-order valence-electron chi connectivity index (χ1n) is 12.0. The van der Waals surface area contributed by atoms with E-state index >= 15 is 0 Å². The highest BCUT2D eigenvalue weighted by atomic mass is 35.5. The zero-order valence-electron chi connectivity index (χ0n) is 19.1. The Hall–Kier alpha value is -1.98. The maximum Gasteiger partial charge on any atom is 0.302 e. The van der Waals surface area contributed by atoms with Crippen molar-refractivity contribution in [2.45, 2.75) is 67.2 Å². The fraction of sp³-hybridized carbons (Fsp3) is 0.652. The normalized spacial score (nSPS) is 26.2. The van der Waals surface area contributed by atoms with Crippen LogP contribution in [0.25, 0.3) is 0 Å². The van der Waals surface area contributed by atoms with Crippen molar-refractivity contribution in [3.05, 3.63) is 28.9 Å². The molecule has 0 amide bonds. The maximum atomic E-state index is 14.7. The molecule has 1 atom stereocenters. The molecule has 0 aromatic carbocycles. The van der Waals surface area contributed by atoms with E-state index in [1.807, 2.05) is 4.90 Å². The van der Waals surface area contributed by atoms with Gasteiger partial charge in [-0.25, -0.2) is 15.0 Å². The molecule has 12 heteroatoms. The third-order valence-corrected chi connectivity index (χ3v) is 9.79. The molecule has 0 bridgehead atoms. The summed E-state index contributed by atoms with van der Waals surface area (Å²) in [6.45, 7) is 1.26. The number of aliphatic hydroxyl groups is 1. The zero-order valence-corrected chi connectivity index (χ0v) is 20.7. The van der Waals surface area contributed by atoms with E-state index in [2.05, 4.69) is 25.3 Å². The number of nitrogens with one attached hydrogen (secondary N) is 1. The monoisotopic (exact) mass is 524 g/mol. The summed E-state index contributed by atoms with van der Waals surface area (Å²) < 4.78 is 42.0. The Bertz CT molecular complexity index is 1160. The summed E-state index contributed by atoms with van der Waals surface area (Å²) in [4.78, 5) is 19.5. The van der Waals surface area contributed by atoms with E-state index < -0.39 is 33.7 Å². The van der Waals surface area contributed by atoms with Crippen molar-refractivity contribution in [1.82, 2.24) is 19.9 Å². The summed E-state index contributed by atoms with van der Waals surface area (Å²) in [5.74, 6) is -2.50. The third kappa shape index (κ3) is 3.99. The standard InChI is InChI=1S/C23H27ClF2N6O2S/c24-15-8-27-18(28-9-15)14-2-6-21(7-3-14)10-32(11-21)20-29-17-16(35(34)13-23(17,25)26)19(30-20)31-22(12-33)4-1-5-22/h8-9,14,33H,1-7,10-13H2,(H,29,30,31). The number of alkyl halides is 2. The first-order valence-corrected chi connectivity index (χ1v) is 13.7. The van der Waals surface area contributed by atoms with Gasteiger partial charge in [0.1, 0.15) is 22.2 Å². The van der Waals surface area contributed by atoms with E-state index in [1.165, 1.54) is 0 Å². The topological polar surface area (TPSA) is 104 Å². The molecule has 35 heavy (non-hydrogen) atoms. The Labute approximate surface area is 209 Å². The Morgan fingerprint density at radius 2 is 1.83 bits per heavy atom. The summed E-state index contributed by atoms with van der Waals surface area (Å²) in [6, 6.07) is 0. The molecule has 0 radical (unpaired) electrons. The molecule has 6 rings (SSSR count). The van der Waals surface area contributed by atoms with Crippen LogP contribution in [0.3, 0.4) is 0 Å². The van der Waals surface area contributed by atoms with Crippen LogP contribution >= 0.6 is 11.6 Å². The number of nitrogens with zero attached hydrogens (tertiary/aromatic N) is 5. The third-order valence-electron chi connectivity index (χ3n) is 8.12. The Kier molecular flexibility index (Phi) is 5.54. The van der Waals surface area contributed by atoms with Crippen molar-refractivity contribution in [2.24, 2.45) is 5.41 Å². The molecule has 1 unspecified atom stereocenters. The fourth-order valence-corrected chi connectivity index (χ4v) is 7.28. The van der Waals surface area contributed by atoms with Gasteiger partial charge >= 0.3 is 5.92 Å². The highest BCUT2D eigenvalue weighted by molar-refractivity contribution is 7.85. The van der Waals surface area contributed by atoms with Gasteiger partial charge in [-0.15, -0.1) is 0 Å². The van der Waals surface area contributed by atoms with Crippen LogP contribution in [0.5, 0.6) is 0 Å². The molecule has 3 fully saturated rings. The molecular formula is C23H27ClF2N6O2S. The second-order valence-electron chi connectivity index (χ2n) is 10.6. The summed E-state index contributed by atoms with van der Waals surface area (Å²) in [5.41, 5.74) is -0.940. The molecule has 4 aliphatic rings. The van der Waals surface area contributed by atoms with Crippen molar-refractivity contribution in [2.75, 3.05) is 35.7 Å². The van der Waals surface area contributed by atoms with Crippen LogP contribution in [0, 0.1) is 5.41 Å². The van der Waals surface area contributed by atoms with Crippen molar-refractivity contribution >= 4 is 34.2 Å². The van der Waals surface area contributed by atoms with Crippen molar-refractivity contribution < 1.29 is 18.1 Å². The lowest BCUT2D eigenvalue weighted by atomic mass is 9.66. The van der Waals surface area contributed by atoms with Crippen LogP contribution in [0.4, 0.5) is 20.5 Å². The Morgan fingerprint density at radius 3 is 2.43 bits per heavy atom. The second-order valence-corrected chi connectivity index (χ2v) is 12.4. The van der Waals surface area contributed by atoms with Crippen molar-refractivity contribution in [3.8, 4) is 0 Å². The molecule has 8 nitrogen and oxygen atoms in total. The summed E-state index contributed by atoms with van der Waals surface area (Å²) >= 11 is 5.91. The predicted octanol–water partition coefficient (Wildman–Crippen LogP) is 3.62. The maximum absolute atomic E-state index is 14.7. The number of fused-ring (bicyclic) bond motifs is 1. The first-order chi connectivity index (χ1) is 16.7. The highest BCUT2D eigenvalue weighted by Crippen LogP contribution is 2.50. The van der Waals surface area contributed by atoms with E-state index in [0.29, 0.717) is 36.9 Å². The molecule has 4 heterocycles. The predicted molar refractivity (Wildman–Crippen MR) is 127 cm³/mol. The number of rotatable bonds is 5. The quantitative estimate of drug-likeness (QED) is 0.611. The molecule has 2 saturated carbocycles. The molecule has 2 aromatic heterocycles. The lowest BCUT2D eigenvalue weighted by molar-refractivity contribution is 0.0190. The fourth-order valence-electron chi connectivity index (χ4n) is 5.85. The van der Waals surface area contributed by atoms with Crippen molar-refractivity contribution in [1.29, 1.82) is 0 Å². The average Bonchev–Trinajstić information content (AvgIpc) is 3.03. The molecule has 1 spiro atoms. The lowest BCUT2D eigenvalue weighted by Gasteiger charge is -2.53. The first kappa shape index (κ1) is 23.4. The van der Waals surface area contributed by atoms with Crippen LogP contribution < -0.4 is 10.2 Å². The van der Waals surface area contributed by atoms with E-state index in [0.717, 1.165) is 37.9 Å². The molecule has 2 aromatic rings. The number of aliphatic hydroxyl groups excluding tert-OH is 1. The minimum atomic E-state index is -3.26. The summed E-state index contributed by atoms with van der Waals surface area (Å²) in [5, 5.41) is 13.6. The Balaban J connectivity index is 1.21. The summed E-state index contributed by atoms with van der Waals surface area (Å²) in [7, 11) is -1.89. The number of halogens is 3. The summed E-state index contributed by atoms with van der Waals surface area (Å²) in [6.07, 6.45) is 9.52. The average molecular weight is 525 g/mol. The smallest absolute Gasteiger partial charge is 0.302 e. The zero-order chi connectivity index (χ0) is 24.4. The van der Waals surface area contributed by atoms with Gasteiger partial charge in [-0.1, -0.05) is 11.6 Å². The molecule has 1 saturated heterocycles. The molecule has 2 aliphatic carbocycles. The lowest BCUT2D eigenvalue weighted by Crippen LogP contribution is -2.58. The number of aromatic nitrogens is 4. The molecular weight excluding hydrogens is 498 g/mol. The van der Waals surface area contributed by atoms with Crippen LogP contribution in [0.2, 0.25) is 5.02 Å². The van der Waals surface area contributed by atoms with Gasteiger partial charge < -0.3 is 15.3 Å². The van der Waals surface area contributed by atoms with E-state index in [1.54, 1.807) is 12.4 Å². The van der Waals surface area contributed by atoms with Gasteiger partial charge in [0.15, 0.2) is 0 Å². The van der Waals surface area contributed by atoms with Crippen LogP contribution in [-0.4, -0.2) is 60.2 Å².